The summed E-state index contributed by atoms with van der Waals surface area (Å²) in [5, 5.41) is 2.29. The lowest BCUT2D eigenvalue weighted by atomic mass is 10.1. The average molecular weight is 328 g/mol. The van der Waals surface area contributed by atoms with E-state index in [0.717, 1.165) is 23.8 Å². The van der Waals surface area contributed by atoms with Crippen LogP contribution in [-0.4, -0.2) is 11.8 Å². The number of nitrogens with two attached hydrogens (primary N) is 1. The minimum absolute atomic E-state index is 0.0636. The monoisotopic (exact) mass is 328 g/mol. The first-order valence-corrected chi connectivity index (χ1v) is 6.96. The lowest BCUT2D eigenvalue weighted by molar-refractivity contribution is -0.119. The Bertz CT molecular complexity index is 795. The third-order valence-corrected chi connectivity index (χ3v) is 2.95. The van der Waals surface area contributed by atoms with E-state index in [-0.39, 0.29) is 11.3 Å². The molecule has 0 saturated heterocycles. The highest BCUT2D eigenvalue weighted by Crippen LogP contribution is 2.11. The lowest BCUT2D eigenvalue weighted by Gasteiger charge is -2.05. The molecule has 24 heavy (non-hydrogen) atoms. The Morgan fingerprint density at radius 2 is 1.58 bits per heavy atom. The summed E-state index contributed by atoms with van der Waals surface area (Å²) >= 11 is 0. The van der Waals surface area contributed by atoms with Gasteiger partial charge in [-0.15, -0.1) is 0 Å². The largest absolute Gasteiger partial charge is 0.364 e. The maximum atomic E-state index is 13.2. The molecule has 3 N–H and O–H groups in total. The number of nitrogens with one attached hydrogen (secondary N) is 1. The molecule has 0 aliphatic rings. The predicted molar refractivity (Wildman–Crippen MR) is 87.1 cm³/mol. The lowest BCUT2D eigenvalue weighted by Crippen LogP contribution is -2.29. The summed E-state index contributed by atoms with van der Waals surface area (Å²) in [5.41, 5.74) is 5.77. The number of benzene rings is 2. The summed E-state index contributed by atoms with van der Waals surface area (Å²) < 4.78 is 26.3. The summed E-state index contributed by atoms with van der Waals surface area (Å²) in [6, 6.07) is 11.8. The number of hydrogen-bond acceptors (Lipinski definition) is 2. The van der Waals surface area contributed by atoms with Crippen molar-refractivity contribution in [2.24, 2.45) is 5.73 Å². The van der Waals surface area contributed by atoms with Gasteiger partial charge in [-0.1, -0.05) is 30.3 Å². The Morgan fingerprint density at radius 1 is 0.958 bits per heavy atom. The van der Waals surface area contributed by atoms with Crippen LogP contribution < -0.4 is 11.1 Å². The summed E-state index contributed by atoms with van der Waals surface area (Å²) in [6.07, 6.45) is 3.87. The van der Waals surface area contributed by atoms with Gasteiger partial charge in [-0.2, -0.15) is 0 Å². The van der Waals surface area contributed by atoms with E-state index in [9.17, 15) is 18.4 Å². The summed E-state index contributed by atoms with van der Waals surface area (Å²) in [4.78, 5) is 23.3. The van der Waals surface area contributed by atoms with E-state index in [1.54, 1.807) is 18.2 Å². The van der Waals surface area contributed by atoms with Crippen LogP contribution in [0.5, 0.6) is 0 Å². The molecular formula is C18H14F2N2O2. The average Bonchev–Trinajstić information content (AvgIpc) is 2.52. The normalized spacial score (nSPS) is 11.5. The SMILES string of the molecule is NC(=O)/C(=C\c1cc(F)cc(F)c1)NC(=O)/C=C/c1ccccc1. The summed E-state index contributed by atoms with van der Waals surface area (Å²) in [7, 11) is 0. The molecule has 0 heterocycles. The molecule has 0 bridgehead atoms. The molecule has 0 spiro atoms. The van der Waals surface area contributed by atoms with Crippen LogP contribution in [0.4, 0.5) is 8.78 Å². The van der Waals surface area contributed by atoms with E-state index in [1.807, 2.05) is 18.2 Å². The Morgan fingerprint density at radius 3 is 2.17 bits per heavy atom. The zero-order chi connectivity index (χ0) is 17.5. The molecule has 0 atom stereocenters. The number of hydrogen-bond donors (Lipinski definition) is 2. The minimum atomic E-state index is -0.930. The zero-order valence-corrected chi connectivity index (χ0v) is 12.5. The summed E-state index contributed by atoms with van der Waals surface area (Å²) in [5.74, 6) is -3.14. The molecule has 0 aliphatic carbocycles. The van der Waals surface area contributed by atoms with Crippen molar-refractivity contribution in [3.8, 4) is 0 Å². The third-order valence-electron chi connectivity index (χ3n) is 2.95. The van der Waals surface area contributed by atoms with Gasteiger partial charge in [0.1, 0.15) is 17.3 Å². The Labute approximate surface area is 137 Å². The van der Waals surface area contributed by atoms with Crippen molar-refractivity contribution in [1.29, 1.82) is 0 Å². The smallest absolute Gasteiger partial charge is 0.265 e. The van der Waals surface area contributed by atoms with Crippen molar-refractivity contribution < 1.29 is 18.4 Å². The Hall–Kier alpha value is -3.28. The highest BCUT2D eigenvalue weighted by molar-refractivity contribution is 6.03. The van der Waals surface area contributed by atoms with Crippen LogP contribution in [0.2, 0.25) is 0 Å². The second-order valence-corrected chi connectivity index (χ2v) is 4.86. The second kappa shape index (κ2) is 7.82. The molecule has 2 aromatic rings. The first-order chi connectivity index (χ1) is 11.4. The quantitative estimate of drug-likeness (QED) is 0.828. The van der Waals surface area contributed by atoms with Gasteiger partial charge in [0.15, 0.2) is 0 Å². The fourth-order valence-electron chi connectivity index (χ4n) is 1.90. The topological polar surface area (TPSA) is 72.2 Å². The molecule has 0 unspecified atom stereocenters. The van der Waals surface area contributed by atoms with E-state index >= 15 is 0 Å². The van der Waals surface area contributed by atoms with Crippen LogP contribution in [-0.2, 0) is 9.59 Å². The first kappa shape index (κ1) is 17.1. The molecule has 2 amide bonds. The first-order valence-electron chi connectivity index (χ1n) is 6.96. The molecule has 122 valence electrons. The van der Waals surface area contributed by atoms with Crippen LogP contribution in [0.25, 0.3) is 12.2 Å². The summed E-state index contributed by atoms with van der Waals surface area (Å²) in [6.45, 7) is 0. The standard InChI is InChI=1S/C18H14F2N2O2/c19-14-8-13(9-15(20)11-14)10-16(18(21)24)22-17(23)7-6-12-4-2-1-3-5-12/h1-11H,(H2,21,24)(H,22,23)/b7-6+,16-10+. The van der Waals surface area contributed by atoms with Crippen molar-refractivity contribution in [2.75, 3.05) is 0 Å². The number of rotatable bonds is 5. The number of primary amides is 1. The Balaban J connectivity index is 2.16. The molecular weight excluding hydrogens is 314 g/mol. The minimum Gasteiger partial charge on any atom is -0.364 e. The van der Waals surface area contributed by atoms with Crippen molar-refractivity contribution in [3.05, 3.63) is 83.1 Å². The van der Waals surface area contributed by atoms with E-state index in [4.69, 9.17) is 5.73 Å². The van der Waals surface area contributed by atoms with Gasteiger partial charge in [0.05, 0.1) is 0 Å². The zero-order valence-electron chi connectivity index (χ0n) is 12.5. The van der Waals surface area contributed by atoms with Crippen molar-refractivity contribution in [2.45, 2.75) is 0 Å². The number of amides is 2. The molecule has 0 aliphatic heterocycles. The second-order valence-electron chi connectivity index (χ2n) is 4.86. The molecule has 0 radical (unpaired) electrons. The molecule has 0 saturated carbocycles. The molecule has 2 aromatic carbocycles. The van der Waals surface area contributed by atoms with E-state index in [1.165, 1.54) is 6.08 Å². The number of carbonyl (C=O) groups is 2. The third kappa shape index (κ3) is 5.17. The molecule has 4 nitrogen and oxygen atoms in total. The van der Waals surface area contributed by atoms with Crippen molar-refractivity contribution in [1.82, 2.24) is 5.32 Å². The van der Waals surface area contributed by atoms with Gasteiger partial charge in [0.2, 0.25) is 5.91 Å². The fraction of sp³-hybridized carbons (Fsp3) is 0. The number of halogens is 2. The van der Waals surface area contributed by atoms with Crippen LogP contribution in [0, 0.1) is 11.6 Å². The van der Waals surface area contributed by atoms with Gasteiger partial charge in [-0.25, -0.2) is 8.78 Å². The maximum absolute atomic E-state index is 13.2. The van der Waals surface area contributed by atoms with Gasteiger partial charge < -0.3 is 11.1 Å². The van der Waals surface area contributed by atoms with E-state index in [2.05, 4.69) is 5.32 Å². The fourth-order valence-corrected chi connectivity index (χ4v) is 1.90. The number of carbonyl (C=O) groups excluding carboxylic acids is 2. The van der Waals surface area contributed by atoms with Gasteiger partial charge in [-0.3, -0.25) is 9.59 Å². The Kier molecular flexibility index (Phi) is 5.57. The molecule has 0 aromatic heterocycles. The van der Waals surface area contributed by atoms with Crippen LogP contribution >= 0.6 is 0 Å². The molecule has 2 rings (SSSR count). The van der Waals surface area contributed by atoms with Crippen molar-refractivity contribution >= 4 is 24.0 Å². The maximum Gasteiger partial charge on any atom is 0.265 e. The van der Waals surface area contributed by atoms with Crippen LogP contribution in [0.3, 0.4) is 0 Å². The highest BCUT2D eigenvalue weighted by Gasteiger charge is 2.09. The molecule has 6 heteroatoms. The van der Waals surface area contributed by atoms with Gasteiger partial charge in [0.25, 0.3) is 5.91 Å². The van der Waals surface area contributed by atoms with Gasteiger partial charge in [-0.05, 0) is 35.4 Å². The van der Waals surface area contributed by atoms with Crippen LogP contribution in [0.15, 0.2) is 60.3 Å². The van der Waals surface area contributed by atoms with Crippen LogP contribution in [0.1, 0.15) is 11.1 Å². The highest BCUT2D eigenvalue weighted by atomic mass is 19.1. The predicted octanol–water partition coefficient (Wildman–Crippen LogP) is 2.62. The van der Waals surface area contributed by atoms with E-state index in [0.29, 0.717) is 6.07 Å². The van der Waals surface area contributed by atoms with Gasteiger partial charge in [0, 0.05) is 12.1 Å². The van der Waals surface area contributed by atoms with E-state index < -0.39 is 23.4 Å². The molecule has 0 fully saturated rings. The van der Waals surface area contributed by atoms with Gasteiger partial charge >= 0.3 is 0 Å². The van der Waals surface area contributed by atoms with Crippen molar-refractivity contribution in [3.63, 3.8) is 0 Å².